The molecule has 2 aromatic carbocycles. The van der Waals surface area contributed by atoms with Crippen LogP contribution in [0.2, 0.25) is 0 Å². The van der Waals surface area contributed by atoms with Gasteiger partial charge in [0.2, 0.25) is 0 Å². The standard InChI is InChI=1S/C19H21BrN2O3S/c1-13(23)12-21-19(26)22-18(24)15-7-8-17(16(20)11-15)25-10-9-14-5-3-2-4-6-14/h2-8,11,13,23H,9-10,12H2,1H3,(H2,21,22,24,26). The number of nitrogens with one attached hydrogen (secondary N) is 2. The number of benzene rings is 2. The van der Waals surface area contributed by atoms with Crippen LogP contribution < -0.4 is 15.4 Å². The predicted octanol–water partition coefficient (Wildman–Crippen LogP) is 3.06. The summed E-state index contributed by atoms with van der Waals surface area (Å²) in [5, 5.41) is 14.7. The average molecular weight is 437 g/mol. The highest BCUT2D eigenvalue weighted by molar-refractivity contribution is 9.10. The van der Waals surface area contributed by atoms with E-state index in [0.29, 0.717) is 22.4 Å². The van der Waals surface area contributed by atoms with Crippen LogP contribution in [0.3, 0.4) is 0 Å². The zero-order valence-electron chi connectivity index (χ0n) is 14.4. The van der Waals surface area contributed by atoms with E-state index in [1.807, 2.05) is 18.2 Å². The minimum absolute atomic E-state index is 0.176. The molecule has 5 nitrogen and oxygen atoms in total. The summed E-state index contributed by atoms with van der Waals surface area (Å²) in [4.78, 5) is 12.2. The topological polar surface area (TPSA) is 70.6 Å². The monoisotopic (exact) mass is 436 g/mol. The Bertz CT molecular complexity index is 754. The first kappa shape index (κ1) is 20.4. The van der Waals surface area contributed by atoms with Crippen molar-refractivity contribution in [1.29, 1.82) is 0 Å². The van der Waals surface area contributed by atoms with E-state index in [-0.39, 0.29) is 17.6 Å². The molecule has 1 atom stereocenters. The molecule has 0 spiro atoms. The maximum absolute atomic E-state index is 12.2. The van der Waals surface area contributed by atoms with E-state index in [4.69, 9.17) is 17.0 Å². The number of amides is 1. The lowest BCUT2D eigenvalue weighted by atomic mass is 10.2. The summed E-state index contributed by atoms with van der Waals surface area (Å²) in [7, 11) is 0. The molecule has 1 unspecified atom stereocenters. The molecular formula is C19H21BrN2O3S. The van der Waals surface area contributed by atoms with Crippen LogP contribution in [-0.2, 0) is 6.42 Å². The fraction of sp³-hybridized carbons (Fsp3) is 0.263. The molecule has 0 fully saturated rings. The maximum Gasteiger partial charge on any atom is 0.257 e. The molecule has 0 aromatic heterocycles. The molecule has 0 aliphatic rings. The highest BCUT2D eigenvalue weighted by Crippen LogP contribution is 2.26. The Kier molecular flexibility index (Phi) is 8.03. The SMILES string of the molecule is CC(O)CNC(=S)NC(=O)c1ccc(OCCc2ccccc2)c(Br)c1. The predicted molar refractivity (Wildman–Crippen MR) is 110 cm³/mol. The third-order valence-electron chi connectivity index (χ3n) is 3.47. The molecule has 0 aliphatic heterocycles. The van der Waals surface area contributed by atoms with Gasteiger partial charge < -0.3 is 15.2 Å². The van der Waals surface area contributed by atoms with Gasteiger partial charge in [-0.1, -0.05) is 30.3 Å². The Morgan fingerprint density at radius 3 is 2.65 bits per heavy atom. The minimum Gasteiger partial charge on any atom is -0.492 e. The summed E-state index contributed by atoms with van der Waals surface area (Å²) in [6.07, 6.45) is 0.255. The van der Waals surface area contributed by atoms with Crippen LogP contribution >= 0.6 is 28.1 Å². The van der Waals surface area contributed by atoms with Gasteiger partial charge in [0.25, 0.3) is 5.91 Å². The Morgan fingerprint density at radius 2 is 2.00 bits per heavy atom. The number of aliphatic hydroxyl groups excluding tert-OH is 1. The third kappa shape index (κ3) is 6.74. The van der Waals surface area contributed by atoms with Crippen molar-refractivity contribution in [2.75, 3.05) is 13.2 Å². The molecule has 0 saturated carbocycles. The number of carbonyl (C=O) groups excluding carboxylic acids is 1. The molecule has 26 heavy (non-hydrogen) atoms. The zero-order chi connectivity index (χ0) is 18.9. The Labute approximate surface area is 166 Å². The lowest BCUT2D eigenvalue weighted by Gasteiger charge is -2.12. The third-order valence-corrected chi connectivity index (χ3v) is 4.34. The molecule has 0 aliphatic carbocycles. The Hall–Kier alpha value is -1.96. The highest BCUT2D eigenvalue weighted by atomic mass is 79.9. The van der Waals surface area contributed by atoms with Crippen molar-refractivity contribution < 1.29 is 14.6 Å². The van der Waals surface area contributed by atoms with Crippen LogP contribution in [0.1, 0.15) is 22.8 Å². The van der Waals surface area contributed by atoms with Crippen LogP contribution in [0, 0.1) is 0 Å². The van der Waals surface area contributed by atoms with Crippen molar-refractivity contribution in [1.82, 2.24) is 10.6 Å². The van der Waals surface area contributed by atoms with Crippen LogP contribution in [0.25, 0.3) is 0 Å². The zero-order valence-corrected chi connectivity index (χ0v) is 16.8. The number of ether oxygens (including phenoxy) is 1. The number of rotatable bonds is 7. The van der Waals surface area contributed by atoms with Crippen molar-refractivity contribution in [2.24, 2.45) is 0 Å². The van der Waals surface area contributed by atoms with E-state index >= 15 is 0 Å². The van der Waals surface area contributed by atoms with Crippen LogP contribution in [-0.4, -0.2) is 35.4 Å². The van der Waals surface area contributed by atoms with Gasteiger partial charge in [0.15, 0.2) is 5.11 Å². The largest absolute Gasteiger partial charge is 0.492 e. The van der Waals surface area contributed by atoms with E-state index in [9.17, 15) is 9.90 Å². The molecule has 0 radical (unpaired) electrons. The number of hydrogen-bond acceptors (Lipinski definition) is 4. The van der Waals surface area contributed by atoms with E-state index in [0.717, 1.165) is 6.42 Å². The number of thiocarbonyl (C=S) groups is 1. The lowest BCUT2D eigenvalue weighted by Crippen LogP contribution is -2.41. The first-order valence-electron chi connectivity index (χ1n) is 8.19. The van der Waals surface area contributed by atoms with E-state index < -0.39 is 6.10 Å². The van der Waals surface area contributed by atoms with Gasteiger partial charge >= 0.3 is 0 Å². The summed E-state index contributed by atoms with van der Waals surface area (Å²) in [5.41, 5.74) is 1.66. The molecule has 0 heterocycles. The molecule has 2 rings (SSSR count). The average Bonchev–Trinajstić information content (AvgIpc) is 2.62. The second-order valence-electron chi connectivity index (χ2n) is 5.74. The summed E-state index contributed by atoms with van der Waals surface area (Å²) in [6.45, 7) is 2.45. The van der Waals surface area contributed by atoms with Crippen LogP contribution in [0.4, 0.5) is 0 Å². The van der Waals surface area contributed by atoms with Crippen LogP contribution in [0.5, 0.6) is 5.75 Å². The summed E-state index contributed by atoms with van der Waals surface area (Å²) < 4.78 is 6.47. The highest BCUT2D eigenvalue weighted by Gasteiger charge is 2.11. The fourth-order valence-electron chi connectivity index (χ4n) is 2.14. The lowest BCUT2D eigenvalue weighted by molar-refractivity contribution is 0.0976. The normalized spacial score (nSPS) is 11.5. The van der Waals surface area contributed by atoms with Gasteiger partial charge in [0.1, 0.15) is 5.75 Å². The maximum atomic E-state index is 12.2. The van der Waals surface area contributed by atoms with Crippen molar-refractivity contribution in [3.63, 3.8) is 0 Å². The molecular weight excluding hydrogens is 416 g/mol. The van der Waals surface area contributed by atoms with Crippen LogP contribution in [0.15, 0.2) is 53.0 Å². The number of aliphatic hydroxyl groups is 1. The van der Waals surface area contributed by atoms with Gasteiger partial charge in [-0.25, -0.2) is 0 Å². The summed E-state index contributed by atoms with van der Waals surface area (Å²) >= 11 is 8.45. The fourth-order valence-corrected chi connectivity index (χ4v) is 2.81. The molecule has 2 aromatic rings. The van der Waals surface area contributed by atoms with Gasteiger partial charge in [-0.05, 0) is 58.8 Å². The van der Waals surface area contributed by atoms with Gasteiger partial charge in [0, 0.05) is 18.5 Å². The quantitative estimate of drug-likeness (QED) is 0.581. The number of halogens is 1. The summed E-state index contributed by atoms with van der Waals surface area (Å²) in [5.74, 6) is 0.344. The first-order chi connectivity index (χ1) is 12.5. The van der Waals surface area contributed by atoms with Crippen molar-refractivity contribution in [2.45, 2.75) is 19.4 Å². The molecule has 3 N–H and O–H groups in total. The second-order valence-corrected chi connectivity index (χ2v) is 7.01. The summed E-state index contributed by atoms with van der Waals surface area (Å²) in [6, 6.07) is 15.2. The van der Waals surface area contributed by atoms with Gasteiger partial charge in [0.05, 0.1) is 17.2 Å². The smallest absolute Gasteiger partial charge is 0.257 e. The van der Waals surface area contributed by atoms with Crippen molar-refractivity contribution >= 4 is 39.2 Å². The van der Waals surface area contributed by atoms with E-state index in [1.54, 1.807) is 25.1 Å². The Morgan fingerprint density at radius 1 is 1.27 bits per heavy atom. The molecule has 7 heteroatoms. The molecule has 138 valence electrons. The van der Waals surface area contributed by atoms with E-state index in [2.05, 4.69) is 38.7 Å². The van der Waals surface area contributed by atoms with Crippen molar-refractivity contribution in [3.05, 3.63) is 64.1 Å². The minimum atomic E-state index is -0.550. The van der Waals surface area contributed by atoms with E-state index in [1.165, 1.54) is 5.56 Å². The number of carbonyl (C=O) groups is 1. The Balaban J connectivity index is 1.87. The molecule has 0 saturated heterocycles. The molecule has 0 bridgehead atoms. The van der Waals surface area contributed by atoms with Gasteiger partial charge in [-0.3, -0.25) is 10.1 Å². The van der Waals surface area contributed by atoms with Gasteiger partial charge in [-0.2, -0.15) is 0 Å². The second kappa shape index (κ2) is 10.3. The number of hydrogen-bond donors (Lipinski definition) is 3. The van der Waals surface area contributed by atoms with Crippen molar-refractivity contribution in [3.8, 4) is 5.75 Å². The first-order valence-corrected chi connectivity index (χ1v) is 9.39. The molecule has 1 amide bonds. The van der Waals surface area contributed by atoms with Gasteiger partial charge in [-0.15, -0.1) is 0 Å².